The molecule has 0 radical (unpaired) electrons. The fraction of sp³-hybridized carbons (Fsp3) is 0.208. The topological polar surface area (TPSA) is 82.3 Å². The van der Waals surface area contributed by atoms with Crippen molar-refractivity contribution in [3.63, 3.8) is 0 Å². The minimum Gasteiger partial charge on any atom is -0.493 e. The number of amides is 1. The molecule has 0 saturated heterocycles. The zero-order valence-corrected chi connectivity index (χ0v) is 18.5. The number of hydrogen-bond acceptors (Lipinski definition) is 4. The molecule has 2 N–H and O–H groups in total. The summed E-state index contributed by atoms with van der Waals surface area (Å²) in [5, 5.41) is 17.1. The molecule has 0 bridgehead atoms. The number of nitrogens with one attached hydrogen (secondary N) is 1. The summed E-state index contributed by atoms with van der Waals surface area (Å²) >= 11 is 0. The number of hydrogen-bond donors (Lipinski definition) is 2. The van der Waals surface area contributed by atoms with Crippen LogP contribution in [-0.2, 0) is 13.2 Å². The maximum Gasteiger partial charge on any atom is 0.275 e. The van der Waals surface area contributed by atoms with Crippen LogP contribution in [0.2, 0.25) is 0 Å². The molecule has 10 heteroatoms. The number of alkyl halides is 1. The van der Waals surface area contributed by atoms with Crippen molar-refractivity contribution in [2.45, 2.75) is 20.1 Å². The van der Waals surface area contributed by atoms with Crippen LogP contribution in [-0.4, -0.2) is 39.9 Å². The molecule has 4 rings (SSSR count). The second kappa shape index (κ2) is 9.42. The average Bonchev–Trinajstić information content (AvgIpc) is 3.28. The van der Waals surface area contributed by atoms with E-state index in [1.54, 1.807) is 13.0 Å². The molecule has 0 spiro atoms. The summed E-state index contributed by atoms with van der Waals surface area (Å²) in [6.07, 6.45) is 2.68. The quantitative estimate of drug-likeness (QED) is 0.313. The molecule has 1 amide bonds. The third kappa shape index (κ3) is 4.26. The van der Waals surface area contributed by atoms with Crippen LogP contribution >= 0.6 is 0 Å². The van der Waals surface area contributed by atoms with Gasteiger partial charge in [0.2, 0.25) is 6.20 Å². The number of pyridine rings is 1. The molecule has 0 unspecified atom stereocenters. The minimum atomic E-state index is -0.904. The Balaban J connectivity index is 1.68. The van der Waals surface area contributed by atoms with E-state index >= 15 is 4.39 Å². The van der Waals surface area contributed by atoms with Gasteiger partial charge in [0.25, 0.3) is 11.6 Å². The first-order valence-electron chi connectivity index (χ1n) is 10.5. The molecular formula is C24H22F3N4O3+. The van der Waals surface area contributed by atoms with Gasteiger partial charge in [-0.25, -0.2) is 13.2 Å². The van der Waals surface area contributed by atoms with Gasteiger partial charge in [-0.2, -0.15) is 5.10 Å². The highest BCUT2D eigenvalue weighted by Gasteiger charge is 2.24. The third-order valence-electron chi connectivity index (χ3n) is 5.42. The maximum absolute atomic E-state index is 15.1. The lowest BCUT2D eigenvalue weighted by molar-refractivity contribution is -0.909. The summed E-state index contributed by atoms with van der Waals surface area (Å²) < 4.78 is 48.4. The number of carbonyl (C=O) groups excluding carboxylic acids is 1. The van der Waals surface area contributed by atoms with Gasteiger partial charge in [0.15, 0.2) is 6.67 Å². The van der Waals surface area contributed by atoms with Gasteiger partial charge in [0.05, 0.1) is 41.4 Å². The molecule has 2 aromatic heterocycles. The SMILES string of the molecule is CCOc1cc(C(=O)N(C)Cc2c[n+](O)c(CF)c3cn[nH]c23)cc(F)c1-c1cccc(F)c1. The summed E-state index contributed by atoms with van der Waals surface area (Å²) in [5.41, 5.74) is 1.35. The largest absolute Gasteiger partial charge is 0.493 e. The summed E-state index contributed by atoms with van der Waals surface area (Å²) in [5.74, 6) is -1.66. The van der Waals surface area contributed by atoms with E-state index in [0.29, 0.717) is 21.2 Å². The normalized spacial score (nSPS) is 11.1. The van der Waals surface area contributed by atoms with Crippen molar-refractivity contribution in [1.82, 2.24) is 15.1 Å². The van der Waals surface area contributed by atoms with E-state index < -0.39 is 24.2 Å². The lowest BCUT2D eigenvalue weighted by atomic mass is 10.0. The molecule has 34 heavy (non-hydrogen) atoms. The van der Waals surface area contributed by atoms with Crippen LogP contribution in [0, 0.1) is 11.6 Å². The van der Waals surface area contributed by atoms with Gasteiger partial charge < -0.3 is 9.64 Å². The first-order valence-corrected chi connectivity index (χ1v) is 10.5. The van der Waals surface area contributed by atoms with Crippen molar-refractivity contribution in [3.05, 3.63) is 77.2 Å². The van der Waals surface area contributed by atoms with Crippen LogP contribution in [0.4, 0.5) is 13.2 Å². The highest BCUT2D eigenvalue weighted by molar-refractivity contribution is 5.96. The van der Waals surface area contributed by atoms with Crippen molar-refractivity contribution >= 4 is 16.8 Å². The Labute approximate surface area is 193 Å². The smallest absolute Gasteiger partial charge is 0.275 e. The number of fused-ring (bicyclic) bond motifs is 1. The molecule has 0 atom stereocenters. The molecule has 7 nitrogen and oxygen atoms in total. The third-order valence-corrected chi connectivity index (χ3v) is 5.42. The van der Waals surface area contributed by atoms with Gasteiger partial charge in [-0.05, 0) is 36.8 Å². The summed E-state index contributed by atoms with van der Waals surface area (Å²) in [6, 6.07) is 7.95. The second-order valence-electron chi connectivity index (χ2n) is 7.67. The number of aromatic amines is 1. The minimum absolute atomic E-state index is 0.0158. The van der Waals surface area contributed by atoms with Gasteiger partial charge in [-0.1, -0.05) is 12.1 Å². The Kier molecular flexibility index (Phi) is 6.40. The molecular weight excluding hydrogens is 449 g/mol. The molecule has 0 saturated carbocycles. The molecule has 4 aromatic rings. The number of aromatic nitrogens is 3. The molecule has 0 fully saturated rings. The molecule has 0 aliphatic heterocycles. The number of rotatable bonds is 7. The van der Waals surface area contributed by atoms with Crippen molar-refractivity contribution in [3.8, 4) is 16.9 Å². The average molecular weight is 471 g/mol. The van der Waals surface area contributed by atoms with Gasteiger partial charge in [-0.3, -0.25) is 15.1 Å². The van der Waals surface area contributed by atoms with Crippen LogP contribution in [0.25, 0.3) is 22.0 Å². The van der Waals surface area contributed by atoms with Gasteiger partial charge in [0, 0.05) is 17.3 Å². The van der Waals surface area contributed by atoms with Crippen LogP contribution in [0.5, 0.6) is 5.75 Å². The molecule has 0 aliphatic carbocycles. The van der Waals surface area contributed by atoms with E-state index in [1.807, 2.05) is 0 Å². The lowest BCUT2D eigenvalue weighted by Crippen LogP contribution is -2.36. The van der Waals surface area contributed by atoms with E-state index in [0.717, 1.165) is 6.07 Å². The van der Waals surface area contributed by atoms with Crippen molar-refractivity contribution in [2.24, 2.45) is 0 Å². The Bertz CT molecular complexity index is 1370. The number of nitrogens with zero attached hydrogens (tertiary/aromatic N) is 3. The summed E-state index contributed by atoms with van der Waals surface area (Å²) in [7, 11) is 1.51. The van der Waals surface area contributed by atoms with Gasteiger partial charge in [-0.15, -0.1) is 0 Å². The Morgan fingerprint density at radius 2 is 2.06 bits per heavy atom. The van der Waals surface area contributed by atoms with Crippen LogP contribution in [0.3, 0.4) is 0 Å². The number of carbonyl (C=O) groups is 1. The number of ether oxygens (including phenoxy) is 1. The van der Waals surface area contributed by atoms with Crippen molar-refractivity contribution in [2.75, 3.05) is 13.7 Å². The predicted molar refractivity (Wildman–Crippen MR) is 117 cm³/mol. The number of halogens is 3. The van der Waals surface area contributed by atoms with Crippen LogP contribution in [0.15, 0.2) is 48.8 Å². The zero-order chi connectivity index (χ0) is 24.4. The highest BCUT2D eigenvalue weighted by Crippen LogP contribution is 2.35. The fourth-order valence-electron chi connectivity index (χ4n) is 3.86. The maximum atomic E-state index is 15.1. The highest BCUT2D eigenvalue weighted by atomic mass is 19.1. The van der Waals surface area contributed by atoms with Crippen molar-refractivity contribution < 1.29 is 32.6 Å². The number of benzene rings is 2. The Hall–Kier alpha value is -4.08. The van der Waals surface area contributed by atoms with E-state index in [-0.39, 0.29) is 41.3 Å². The molecule has 0 aliphatic rings. The number of H-pyrrole nitrogens is 1. The second-order valence-corrected chi connectivity index (χ2v) is 7.67. The van der Waals surface area contributed by atoms with Gasteiger partial charge >= 0.3 is 0 Å². The van der Waals surface area contributed by atoms with E-state index in [1.165, 1.54) is 48.6 Å². The fourth-order valence-corrected chi connectivity index (χ4v) is 3.86. The van der Waals surface area contributed by atoms with E-state index in [2.05, 4.69) is 10.2 Å². The first-order chi connectivity index (χ1) is 16.3. The Morgan fingerprint density at radius 1 is 1.26 bits per heavy atom. The zero-order valence-electron chi connectivity index (χ0n) is 18.5. The van der Waals surface area contributed by atoms with E-state index in [4.69, 9.17) is 4.74 Å². The Morgan fingerprint density at radius 3 is 2.76 bits per heavy atom. The molecule has 2 heterocycles. The van der Waals surface area contributed by atoms with Crippen molar-refractivity contribution in [1.29, 1.82) is 0 Å². The van der Waals surface area contributed by atoms with Crippen LogP contribution in [0.1, 0.15) is 28.5 Å². The van der Waals surface area contributed by atoms with Gasteiger partial charge in [0.1, 0.15) is 17.4 Å². The van der Waals surface area contributed by atoms with Crippen LogP contribution < -0.4 is 9.47 Å². The predicted octanol–water partition coefficient (Wildman–Crippen LogP) is 4.17. The van der Waals surface area contributed by atoms with E-state index in [9.17, 15) is 18.8 Å². The molecule has 2 aromatic carbocycles. The summed E-state index contributed by atoms with van der Waals surface area (Å²) in [6.45, 7) is 1.04. The summed E-state index contributed by atoms with van der Waals surface area (Å²) in [4.78, 5) is 14.4. The molecule has 176 valence electrons. The monoisotopic (exact) mass is 471 g/mol. The lowest BCUT2D eigenvalue weighted by Gasteiger charge is -2.19. The first kappa shape index (κ1) is 23.1. The standard InChI is InChI=1S/C24H21F3N4O3/c1-3-34-21-9-15(8-19(27)22(21)14-5-4-6-17(26)7-14)24(32)30(2)12-16-13-31(33)20(10-25)18-11-28-29-23(16)18/h4-9,11,13,33H,3,10,12H2,1-2H3/p+1.